The van der Waals surface area contributed by atoms with Crippen LogP contribution in [-0.2, 0) is 24.3 Å². The highest BCUT2D eigenvalue weighted by molar-refractivity contribution is 5.91. The number of rotatable bonds is 10. The molecule has 1 aromatic carbocycles. The van der Waals surface area contributed by atoms with Crippen molar-refractivity contribution in [1.29, 1.82) is 0 Å². The van der Waals surface area contributed by atoms with Crippen molar-refractivity contribution >= 4 is 17.6 Å². The SMILES string of the molecule is CNC(=O)c1cn(CCC(F)Cn2cc(NC(=O)Cc3cccc(OC(F)(F)F)c3)nn2)nn1. The zero-order chi connectivity index (χ0) is 24.7. The maximum Gasteiger partial charge on any atom is 0.573 e. The van der Waals surface area contributed by atoms with Crippen LogP contribution in [0.15, 0.2) is 36.7 Å². The Morgan fingerprint density at radius 1 is 1.15 bits per heavy atom. The molecule has 2 N–H and O–H groups in total. The van der Waals surface area contributed by atoms with Crippen LogP contribution in [0.25, 0.3) is 0 Å². The molecule has 0 fully saturated rings. The summed E-state index contributed by atoms with van der Waals surface area (Å²) in [6.07, 6.45) is -3.60. The second-order valence-electron chi connectivity index (χ2n) is 7.08. The number of benzene rings is 1. The van der Waals surface area contributed by atoms with Gasteiger partial charge in [-0.25, -0.2) is 9.07 Å². The van der Waals surface area contributed by atoms with Gasteiger partial charge in [0.2, 0.25) is 5.91 Å². The predicted molar refractivity (Wildman–Crippen MR) is 108 cm³/mol. The first-order valence-corrected chi connectivity index (χ1v) is 9.92. The highest BCUT2D eigenvalue weighted by atomic mass is 19.4. The molecule has 15 heteroatoms. The van der Waals surface area contributed by atoms with Crippen LogP contribution in [0.2, 0.25) is 0 Å². The predicted octanol–water partition coefficient (Wildman–Crippen LogP) is 1.74. The van der Waals surface area contributed by atoms with Gasteiger partial charge in [-0.1, -0.05) is 22.6 Å². The standard InChI is InChI=1S/C19H20F4N8O3/c1-24-18(33)15-10-30(28-26-15)6-5-13(20)9-31-11-16(27-29-31)25-17(32)8-12-3-2-4-14(7-12)34-19(21,22)23/h2-4,7,10-11,13H,5-6,8-9H2,1H3,(H,24,33)(H,25,32). The Hall–Kier alpha value is -4.04. The summed E-state index contributed by atoms with van der Waals surface area (Å²) in [6, 6.07) is 5.03. The number of halogens is 4. The lowest BCUT2D eigenvalue weighted by Gasteiger charge is -2.09. The zero-order valence-electron chi connectivity index (χ0n) is 17.8. The summed E-state index contributed by atoms with van der Waals surface area (Å²) in [5.74, 6) is -1.33. The molecule has 0 radical (unpaired) electrons. The van der Waals surface area contributed by atoms with E-state index in [1.54, 1.807) is 0 Å². The van der Waals surface area contributed by atoms with Crippen molar-refractivity contribution in [2.75, 3.05) is 12.4 Å². The van der Waals surface area contributed by atoms with Crippen molar-refractivity contribution in [2.45, 2.75) is 38.5 Å². The average molecular weight is 484 g/mol. The van der Waals surface area contributed by atoms with Crippen molar-refractivity contribution in [3.63, 3.8) is 0 Å². The smallest absolute Gasteiger partial charge is 0.406 e. The average Bonchev–Trinajstić information content (AvgIpc) is 3.40. The molecule has 1 unspecified atom stereocenters. The fourth-order valence-corrected chi connectivity index (χ4v) is 2.88. The first kappa shape index (κ1) is 24.6. The molecule has 3 rings (SSSR count). The highest BCUT2D eigenvalue weighted by Crippen LogP contribution is 2.23. The minimum absolute atomic E-state index is 0.0615. The molecule has 0 spiro atoms. The number of amides is 2. The van der Waals surface area contributed by atoms with Crippen molar-refractivity contribution in [3.05, 3.63) is 47.9 Å². The maximum atomic E-state index is 14.3. The van der Waals surface area contributed by atoms with E-state index in [-0.39, 0.29) is 37.4 Å². The maximum absolute atomic E-state index is 14.3. The lowest BCUT2D eigenvalue weighted by Crippen LogP contribution is -2.18. The number of aryl methyl sites for hydroxylation is 1. The van der Waals surface area contributed by atoms with Gasteiger partial charge in [0.25, 0.3) is 5.91 Å². The third-order valence-corrected chi connectivity index (χ3v) is 4.36. The van der Waals surface area contributed by atoms with Crippen molar-refractivity contribution in [1.82, 2.24) is 35.3 Å². The van der Waals surface area contributed by atoms with E-state index in [0.717, 1.165) is 12.1 Å². The number of carbonyl (C=O) groups is 2. The lowest BCUT2D eigenvalue weighted by atomic mass is 10.1. The van der Waals surface area contributed by atoms with Crippen molar-refractivity contribution < 1.29 is 31.9 Å². The van der Waals surface area contributed by atoms with Gasteiger partial charge in [-0.3, -0.25) is 14.3 Å². The van der Waals surface area contributed by atoms with E-state index in [9.17, 15) is 27.2 Å². The highest BCUT2D eigenvalue weighted by Gasteiger charge is 2.31. The van der Waals surface area contributed by atoms with Gasteiger partial charge in [0.15, 0.2) is 11.5 Å². The molecule has 2 amide bonds. The number of ether oxygens (including phenoxy) is 1. The quantitative estimate of drug-likeness (QED) is 0.420. The molecule has 3 aromatic rings. The Morgan fingerprint density at radius 3 is 2.65 bits per heavy atom. The first-order valence-electron chi connectivity index (χ1n) is 9.92. The summed E-state index contributed by atoms with van der Waals surface area (Å²) in [5.41, 5.74) is 0.414. The van der Waals surface area contributed by atoms with Gasteiger partial charge in [-0.2, -0.15) is 0 Å². The number of hydrogen-bond donors (Lipinski definition) is 2. The van der Waals surface area contributed by atoms with E-state index in [0.29, 0.717) is 5.56 Å². The van der Waals surface area contributed by atoms with E-state index in [1.807, 2.05) is 0 Å². The Kier molecular flexibility index (Phi) is 7.75. The van der Waals surface area contributed by atoms with E-state index in [1.165, 1.54) is 40.9 Å². The van der Waals surface area contributed by atoms with E-state index in [4.69, 9.17) is 0 Å². The fraction of sp³-hybridized carbons (Fsp3) is 0.368. The molecule has 182 valence electrons. The van der Waals surface area contributed by atoms with Gasteiger partial charge in [0, 0.05) is 20.0 Å². The summed E-state index contributed by atoms with van der Waals surface area (Å²) >= 11 is 0. The van der Waals surface area contributed by atoms with Gasteiger partial charge in [-0.05, 0) is 17.7 Å². The summed E-state index contributed by atoms with van der Waals surface area (Å²) in [5, 5.41) is 19.8. The summed E-state index contributed by atoms with van der Waals surface area (Å²) < 4.78 is 57.7. The Bertz CT molecular complexity index is 1130. The zero-order valence-corrected chi connectivity index (χ0v) is 17.8. The Balaban J connectivity index is 1.46. The van der Waals surface area contributed by atoms with Crippen LogP contribution in [0.4, 0.5) is 23.4 Å². The van der Waals surface area contributed by atoms with E-state index in [2.05, 4.69) is 36.0 Å². The van der Waals surface area contributed by atoms with Gasteiger partial charge < -0.3 is 15.4 Å². The molecule has 0 saturated carbocycles. The monoisotopic (exact) mass is 484 g/mol. The van der Waals surface area contributed by atoms with Gasteiger partial charge in [-0.15, -0.1) is 23.4 Å². The molecule has 0 saturated heterocycles. The summed E-state index contributed by atoms with van der Waals surface area (Å²) in [4.78, 5) is 23.6. The van der Waals surface area contributed by atoms with Gasteiger partial charge in [0.05, 0.1) is 25.4 Å². The number of anilines is 1. The minimum Gasteiger partial charge on any atom is -0.406 e. The molecule has 34 heavy (non-hydrogen) atoms. The third-order valence-electron chi connectivity index (χ3n) is 4.36. The van der Waals surface area contributed by atoms with Crippen LogP contribution in [0, 0.1) is 0 Å². The molecular formula is C19H20F4N8O3. The molecule has 0 aliphatic rings. The molecule has 11 nitrogen and oxygen atoms in total. The van der Waals surface area contributed by atoms with E-state index >= 15 is 0 Å². The number of aromatic nitrogens is 6. The molecule has 2 heterocycles. The van der Waals surface area contributed by atoms with Crippen LogP contribution in [0.1, 0.15) is 22.5 Å². The number of nitrogens with one attached hydrogen (secondary N) is 2. The number of hydrogen-bond acceptors (Lipinski definition) is 7. The van der Waals surface area contributed by atoms with Crippen molar-refractivity contribution in [2.24, 2.45) is 0 Å². The Morgan fingerprint density at radius 2 is 1.91 bits per heavy atom. The van der Waals surface area contributed by atoms with Crippen LogP contribution in [0.3, 0.4) is 0 Å². The fourth-order valence-electron chi connectivity index (χ4n) is 2.88. The second-order valence-corrected chi connectivity index (χ2v) is 7.08. The van der Waals surface area contributed by atoms with Crippen LogP contribution in [0.5, 0.6) is 5.75 Å². The largest absolute Gasteiger partial charge is 0.573 e. The molecule has 1 atom stereocenters. The lowest BCUT2D eigenvalue weighted by molar-refractivity contribution is -0.274. The molecule has 0 aliphatic carbocycles. The van der Waals surface area contributed by atoms with Crippen LogP contribution < -0.4 is 15.4 Å². The Labute approximate surface area is 190 Å². The molecule has 0 bridgehead atoms. The molecule has 2 aromatic heterocycles. The van der Waals surface area contributed by atoms with Crippen LogP contribution in [-0.4, -0.2) is 61.4 Å². The first-order chi connectivity index (χ1) is 16.1. The molecule has 0 aliphatic heterocycles. The van der Waals surface area contributed by atoms with E-state index < -0.39 is 30.1 Å². The normalized spacial score (nSPS) is 12.3. The summed E-state index contributed by atoms with van der Waals surface area (Å²) in [6.45, 7) is 0.0390. The minimum atomic E-state index is -4.84. The number of carbonyl (C=O) groups excluding carboxylic acids is 2. The van der Waals surface area contributed by atoms with Crippen molar-refractivity contribution in [3.8, 4) is 5.75 Å². The van der Waals surface area contributed by atoms with Gasteiger partial charge >= 0.3 is 6.36 Å². The van der Waals surface area contributed by atoms with Crippen LogP contribution >= 0.6 is 0 Å². The topological polar surface area (TPSA) is 129 Å². The second kappa shape index (κ2) is 10.7. The summed E-state index contributed by atoms with van der Waals surface area (Å²) in [7, 11) is 1.46. The van der Waals surface area contributed by atoms with Gasteiger partial charge in [0.1, 0.15) is 11.9 Å². The third kappa shape index (κ3) is 7.53. The number of alkyl halides is 4. The molecular weight excluding hydrogens is 464 g/mol. The number of nitrogens with zero attached hydrogens (tertiary/aromatic N) is 6.